The third-order valence-corrected chi connectivity index (χ3v) is 2.01. The minimum absolute atomic E-state index is 0.234. The predicted molar refractivity (Wildman–Crippen MR) is 44.4 cm³/mol. The van der Waals surface area contributed by atoms with Crippen LogP contribution in [-0.4, -0.2) is 24.9 Å². The Morgan fingerprint density at radius 2 is 2.45 bits per heavy atom. The molecule has 64 valence electrons. The topological polar surface area (TPSA) is 29.5 Å². The van der Waals surface area contributed by atoms with E-state index in [1.807, 2.05) is 6.08 Å². The lowest BCUT2D eigenvalue weighted by molar-refractivity contribution is 0.205. The molecule has 1 unspecified atom stereocenters. The maximum Gasteiger partial charge on any atom is 0.0724 e. The van der Waals surface area contributed by atoms with Crippen molar-refractivity contribution in [2.75, 3.05) is 13.7 Å². The molecule has 2 nitrogen and oxygen atoms in total. The summed E-state index contributed by atoms with van der Waals surface area (Å²) < 4.78 is 5.01. The SMILES string of the molecule is COCC1=CC(O)CCCC1. The molecule has 0 amide bonds. The van der Waals surface area contributed by atoms with Crippen LogP contribution in [0.3, 0.4) is 0 Å². The van der Waals surface area contributed by atoms with Crippen molar-refractivity contribution in [3.63, 3.8) is 0 Å². The van der Waals surface area contributed by atoms with Crippen LogP contribution in [-0.2, 0) is 4.74 Å². The van der Waals surface area contributed by atoms with Gasteiger partial charge in [0.15, 0.2) is 0 Å². The minimum Gasteiger partial charge on any atom is -0.389 e. The van der Waals surface area contributed by atoms with E-state index < -0.39 is 0 Å². The Morgan fingerprint density at radius 3 is 3.18 bits per heavy atom. The number of aliphatic hydroxyl groups is 1. The molecule has 0 saturated heterocycles. The van der Waals surface area contributed by atoms with Gasteiger partial charge in [-0.15, -0.1) is 0 Å². The van der Waals surface area contributed by atoms with Crippen molar-refractivity contribution in [3.8, 4) is 0 Å². The highest BCUT2D eigenvalue weighted by Gasteiger charge is 2.08. The number of aliphatic hydroxyl groups excluding tert-OH is 1. The van der Waals surface area contributed by atoms with Crippen LogP contribution in [0, 0.1) is 0 Å². The van der Waals surface area contributed by atoms with Crippen molar-refractivity contribution in [1.82, 2.24) is 0 Å². The second-order valence-corrected chi connectivity index (χ2v) is 3.07. The lowest BCUT2D eigenvalue weighted by Gasteiger charge is -2.03. The smallest absolute Gasteiger partial charge is 0.0724 e. The van der Waals surface area contributed by atoms with E-state index in [-0.39, 0.29) is 6.10 Å². The van der Waals surface area contributed by atoms with Crippen molar-refractivity contribution in [2.45, 2.75) is 31.8 Å². The highest BCUT2D eigenvalue weighted by Crippen LogP contribution is 2.17. The van der Waals surface area contributed by atoms with E-state index in [1.165, 1.54) is 12.0 Å². The van der Waals surface area contributed by atoms with E-state index in [9.17, 15) is 5.11 Å². The fourth-order valence-electron chi connectivity index (χ4n) is 1.45. The first-order chi connectivity index (χ1) is 5.33. The summed E-state index contributed by atoms with van der Waals surface area (Å²) in [6.07, 6.45) is 6.02. The fraction of sp³-hybridized carbons (Fsp3) is 0.778. The largest absolute Gasteiger partial charge is 0.389 e. The first kappa shape index (κ1) is 8.75. The molecule has 0 bridgehead atoms. The Bertz CT molecular complexity index is 140. The van der Waals surface area contributed by atoms with Gasteiger partial charge in [0, 0.05) is 7.11 Å². The van der Waals surface area contributed by atoms with Crippen molar-refractivity contribution in [3.05, 3.63) is 11.6 Å². The second-order valence-electron chi connectivity index (χ2n) is 3.07. The third kappa shape index (κ3) is 3.04. The Balaban J connectivity index is 2.45. The van der Waals surface area contributed by atoms with E-state index in [2.05, 4.69) is 0 Å². The number of rotatable bonds is 2. The fourth-order valence-corrected chi connectivity index (χ4v) is 1.45. The number of hydrogen-bond acceptors (Lipinski definition) is 2. The first-order valence-electron chi connectivity index (χ1n) is 4.19. The van der Waals surface area contributed by atoms with Gasteiger partial charge in [-0.2, -0.15) is 0 Å². The summed E-state index contributed by atoms with van der Waals surface area (Å²) in [4.78, 5) is 0. The van der Waals surface area contributed by atoms with E-state index in [0.29, 0.717) is 6.61 Å². The molecule has 2 heteroatoms. The molecule has 1 atom stereocenters. The molecule has 1 aliphatic rings. The summed E-state index contributed by atoms with van der Waals surface area (Å²) in [7, 11) is 1.69. The van der Waals surface area contributed by atoms with Crippen molar-refractivity contribution in [1.29, 1.82) is 0 Å². The molecule has 0 aromatic carbocycles. The molecule has 1 N–H and O–H groups in total. The summed E-state index contributed by atoms with van der Waals surface area (Å²) in [5.74, 6) is 0. The van der Waals surface area contributed by atoms with Crippen LogP contribution in [0.4, 0.5) is 0 Å². The Kier molecular flexibility index (Phi) is 3.60. The maximum absolute atomic E-state index is 9.35. The van der Waals surface area contributed by atoms with Gasteiger partial charge in [-0.05, 0) is 24.8 Å². The Morgan fingerprint density at radius 1 is 1.64 bits per heavy atom. The van der Waals surface area contributed by atoms with Crippen LogP contribution in [0.25, 0.3) is 0 Å². The summed E-state index contributed by atoms with van der Waals surface area (Å²) >= 11 is 0. The monoisotopic (exact) mass is 156 g/mol. The summed E-state index contributed by atoms with van der Waals surface area (Å²) in [5.41, 5.74) is 1.25. The normalized spacial score (nSPS) is 26.0. The van der Waals surface area contributed by atoms with Gasteiger partial charge in [-0.1, -0.05) is 12.5 Å². The van der Waals surface area contributed by atoms with Gasteiger partial charge in [0.25, 0.3) is 0 Å². The predicted octanol–water partition coefficient (Wildman–Crippen LogP) is 1.49. The Labute approximate surface area is 67.9 Å². The van der Waals surface area contributed by atoms with Gasteiger partial charge >= 0.3 is 0 Å². The number of hydrogen-bond donors (Lipinski definition) is 1. The average molecular weight is 156 g/mol. The van der Waals surface area contributed by atoms with Gasteiger partial charge in [0.05, 0.1) is 12.7 Å². The van der Waals surface area contributed by atoms with E-state index in [0.717, 1.165) is 19.3 Å². The van der Waals surface area contributed by atoms with Gasteiger partial charge < -0.3 is 9.84 Å². The molecule has 0 fully saturated rings. The summed E-state index contributed by atoms with van der Waals surface area (Å²) in [5, 5.41) is 9.35. The molecular weight excluding hydrogens is 140 g/mol. The van der Waals surface area contributed by atoms with E-state index in [4.69, 9.17) is 4.74 Å². The highest BCUT2D eigenvalue weighted by molar-refractivity contribution is 5.07. The first-order valence-corrected chi connectivity index (χ1v) is 4.19. The van der Waals surface area contributed by atoms with Crippen molar-refractivity contribution < 1.29 is 9.84 Å². The molecule has 0 aromatic heterocycles. The summed E-state index contributed by atoms with van der Waals surface area (Å²) in [6, 6.07) is 0. The minimum atomic E-state index is -0.234. The maximum atomic E-state index is 9.35. The zero-order valence-corrected chi connectivity index (χ0v) is 7.05. The summed E-state index contributed by atoms with van der Waals surface area (Å²) in [6.45, 7) is 0.678. The molecule has 0 heterocycles. The van der Waals surface area contributed by atoms with Crippen LogP contribution in [0.5, 0.6) is 0 Å². The van der Waals surface area contributed by atoms with Crippen LogP contribution in [0.15, 0.2) is 11.6 Å². The number of ether oxygens (including phenoxy) is 1. The molecule has 1 aliphatic carbocycles. The van der Waals surface area contributed by atoms with Crippen LogP contribution in [0.1, 0.15) is 25.7 Å². The molecule has 11 heavy (non-hydrogen) atoms. The molecule has 0 aromatic rings. The van der Waals surface area contributed by atoms with Gasteiger partial charge in [0.1, 0.15) is 0 Å². The van der Waals surface area contributed by atoms with Crippen LogP contribution in [0.2, 0.25) is 0 Å². The lowest BCUT2D eigenvalue weighted by Crippen LogP contribution is -2.02. The van der Waals surface area contributed by atoms with E-state index in [1.54, 1.807) is 7.11 Å². The quantitative estimate of drug-likeness (QED) is 0.614. The van der Waals surface area contributed by atoms with Gasteiger partial charge in [-0.3, -0.25) is 0 Å². The van der Waals surface area contributed by atoms with Crippen molar-refractivity contribution in [2.24, 2.45) is 0 Å². The zero-order valence-electron chi connectivity index (χ0n) is 7.05. The molecule has 0 radical (unpaired) electrons. The molecule has 0 spiro atoms. The third-order valence-electron chi connectivity index (χ3n) is 2.01. The van der Waals surface area contributed by atoms with E-state index >= 15 is 0 Å². The van der Waals surface area contributed by atoms with Gasteiger partial charge in [0.2, 0.25) is 0 Å². The van der Waals surface area contributed by atoms with Gasteiger partial charge in [-0.25, -0.2) is 0 Å². The van der Waals surface area contributed by atoms with Crippen molar-refractivity contribution >= 4 is 0 Å². The molecular formula is C9H16O2. The molecule has 0 aliphatic heterocycles. The van der Waals surface area contributed by atoms with Crippen LogP contribution >= 0.6 is 0 Å². The van der Waals surface area contributed by atoms with Crippen LogP contribution < -0.4 is 0 Å². The average Bonchev–Trinajstić information content (AvgIpc) is 2.15. The molecule has 0 saturated carbocycles. The lowest BCUT2D eigenvalue weighted by atomic mass is 10.1. The zero-order chi connectivity index (χ0) is 8.10. The highest BCUT2D eigenvalue weighted by atomic mass is 16.5. The second kappa shape index (κ2) is 4.52. The number of methoxy groups -OCH3 is 1. The molecule has 1 rings (SSSR count). The Hall–Kier alpha value is -0.340. The standard InChI is InChI=1S/C9H16O2/c1-11-7-8-4-2-3-5-9(10)6-8/h6,9-10H,2-5,7H2,1H3.